The Labute approximate surface area is 205 Å². The van der Waals surface area contributed by atoms with E-state index in [0.29, 0.717) is 31.4 Å². The zero-order valence-electron chi connectivity index (χ0n) is 20.3. The number of fused-ring (bicyclic) bond motifs is 1. The summed E-state index contributed by atoms with van der Waals surface area (Å²) in [6.45, 7) is 4.27. The number of nitrogens with zero attached hydrogens (tertiary/aromatic N) is 5. The van der Waals surface area contributed by atoms with Crippen LogP contribution in [0, 0.1) is 0 Å². The molecule has 35 heavy (non-hydrogen) atoms. The minimum absolute atomic E-state index is 0.304. The second-order valence-corrected chi connectivity index (χ2v) is 9.82. The second-order valence-electron chi connectivity index (χ2n) is 9.82. The van der Waals surface area contributed by atoms with Crippen molar-refractivity contribution in [2.75, 3.05) is 6.54 Å². The van der Waals surface area contributed by atoms with Gasteiger partial charge in [0.15, 0.2) is 11.6 Å². The normalized spacial score (nSPS) is 20.0. The topological polar surface area (TPSA) is 101 Å². The van der Waals surface area contributed by atoms with Crippen molar-refractivity contribution in [2.45, 2.75) is 64.1 Å². The summed E-state index contributed by atoms with van der Waals surface area (Å²) in [5, 5.41) is 13.6. The number of hydrogen-bond acceptors (Lipinski definition) is 6. The molecular formula is C27H32N6O2. The number of hydrogen-bond donors (Lipinski definition) is 2. The molecule has 3 aromatic heterocycles. The molecule has 0 spiro atoms. The highest BCUT2D eigenvalue weighted by Crippen LogP contribution is 2.32. The van der Waals surface area contributed by atoms with Crippen LogP contribution < -0.4 is 5.32 Å². The van der Waals surface area contributed by atoms with Crippen LogP contribution in [0.4, 0.5) is 0 Å². The number of pyridine rings is 1. The highest BCUT2D eigenvalue weighted by molar-refractivity contribution is 6.11. The Morgan fingerprint density at radius 1 is 1.17 bits per heavy atom. The molecule has 182 valence electrons. The first-order valence-electron chi connectivity index (χ1n) is 12.3. The SMILES string of the molecule is CC(C)(O)CN=C1C/C=C/c2c(ncn2C2CCCC2)C(=NCc2ccc(-c3ccco3)nc2)N1. The average Bonchev–Trinajstić information content (AvgIpc) is 3.60. The molecule has 2 N–H and O–H groups in total. The summed E-state index contributed by atoms with van der Waals surface area (Å²) in [5.41, 5.74) is 2.80. The first kappa shape index (κ1) is 23.2. The number of nitrogens with one attached hydrogen (secondary N) is 1. The summed E-state index contributed by atoms with van der Waals surface area (Å²) < 4.78 is 7.73. The molecule has 1 aliphatic carbocycles. The molecule has 8 nitrogen and oxygen atoms in total. The third-order valence-corrected chi connectivity index (χ3v) is 6.30. The van der Waals surface area contributed by atoms with Crippen LogP contribution in [-0.2, 0) is 6.54 Å². The van der Waals surface area contributed by atoms with E-state index in [1.54, 1.807) is 20.1 Å². The summed E-state index contributed by atoms with van der Waals surface area (Å²) >= 11 is 0. The summed E-state index contributed by atoms with van der Waals surface area (Å²) in [6, 6.07) is 8.19. The average molecular weight is 473 g/mol. The van der Waals surface area contributed by atoms with Crippen molar-refractivity contribution < 1.29 is 9.52 Å². The van der Waals surface area contributed by atoms with E-state index in [0.717, 1.165) is 34.2 Å². The van der Waals surface area contributed by atoms with E-state index in [9.17, 15) is 5.11 Å². The van der Waals surface area contributed by atoms with E-state index in [-0.39, 0.29) is 0 Å². The van der Waals surface area contributed by atoms with Crippen molar-refractivity contribution in [3.05, 3.63) is 66.1 Å². The lowest BCUT2D eigenvalue weighted by Crippen LogP contribution is -2.34. The molecule has 0 bridgehead atoms. The van der Waals surface area contributed by atoms with Gasteiger partial charge in [0.25, 0.3) is 0 Å². The van der Waals surface area contributed by atoms with Gasteiger partial charge in [0.2, 0.25) is 0 Å². The van der Waals surface area contributed by atoms with Crippen molar-refractivity contribution in [3.8, 4) is 11.5 Å². The molecule has 3 aromatic rings. The number of aliphatic hydroxyl groups is 1. The molecule has 8 heteroatoms. The Kier molecular flexibility index (Phi) is 6.63. The van der Waals surface area contributed by atoms with Crippen molar-refractivity contribution in [1.82, 2.24) is 19.9 Å². The fraction of sp³-hybridized carbons (Fsp3) is 0.407. The molecule has 0 amide bonds. The predicted molar refractivity (Wildman–Crippen MR) is 137 cm³/mol. The lowest BCUT2D eigenvalue weighted by Gasteiger charge is -2.19. The van der Waals surface area contributed by atoms with Gasteiger partial charge in [0.1, 0.15) is 17.2 Å². The number of furan rings is 1. The summed E-state index contributed by atoms with van der Waals surface area (Å²) in [5.74, 6) is 2.19. The zero-order valence-corrected chi connectivity index (χ0v) is 20.3. The summed E-state index contributed by atoms with van der Waals surface area (Å²) in [6.07, 6.45) is 15.2. The number of amidine groups is 2. The molecule has 0 unspecified atom stereocenters. The lowest BCUT2D eigenvalue weighted by atomic mass is 10.1. The fourth-order valence-electron chi connectivity index (χ4n) is 4.49. The van der Waals surface area contributed by atoms with Crippen molar-refractivity contribution in [3.63, 3.8) is 0 Å². The molecule has 2 aliphatic rings. The maximum atomic E-state index is 10.2. The minimum Gasteiger partial charge on any atom is -0.463 e. The Bertz CT molecular complexity index is 1220. The first-order chi connectivity index (χ1) is 17.0. The molecule has 1 saturated carbocycles. The molecule has 0 atom stereocenters. The van der Waals surface area contributed by atoms with Crippen LogP contribution in [0.15, 0.2) is 63.5 Å². The predicted octanol–water partition coefficient (Wildman–Crippen LogP) is 4.78. The standard InChI is InChI=1S/C27H32N6O2/c1-27(2,34)17-30-24-11-5-9-22-25(31-18-33(22)20-7-3-4-8-20)26(32-24)29-16-19-12-13-21(28-15-19)23-10-6-14-35-23/h5-6,9-10,12-15,18,20,34H,3-4,7-8,11,16-17H2,1-2H3,(H,29,30,32)/b9-5+. The van der Waals surface area contributed by atoms with Crippen molar-refractivity contribution >= 4 is 17.7 Å². The molecule has 0 radical (unpaired) electrons. The molecule has 1 aliphatic heterocycles. The van der Waals surface area contributed by atoms with Gasteiger partial charge in [0.05, 0.1) is 37.0 Å². The minimum atomic E-state index is -0.880. The van der Waals surface area contributed by atoms with Crippen molar-refractivity contribution in [2.24, 2.45) is 9.98 Å². The Hall–Kier alpha value is -3.52. The Balaban J connectivity index is 1.44. The van der Waals surface area contributed by atoms with Gasteiger partial charge < -0.3 is 19.4 Å². The number of imidazole rings is 1. The van der Waals surface area contributed by atoms with Crippen LogP contribution in [0.1, 0.15) is 68.9 Å². The van der Waals surface area contributed by atoms with Gasteiger partial charge in [-0.1, -0.05) is 25.0 Å². The molecule has 0 saturated heterocycles. The van der Waals surface area contributed by atoms with Gasteiger partial charge in [0, 0.05) is 18.7 Å². The van der Waals surface area contributed by atoms with Crippen LogP contribution in [0.2, 0.25) is 0 Å². The van der Waals surface area contributed by atoms with Gasteiger partial charge in [-0.05, 0) is 56.5 Å². The van der Waals surface area contributed by atoms with E-state index in [2.05, 4.69) is 32.0 Å². The molecular weight excluding hydrogens is 440 g/mol. The summed E-state index contributed by atoms with van der Waals surface area (Å²) in [7, 11) is 0. The maximum Gasteiger partial charge on any atom is 0.155 e. The van der Waals surface area contributed by atoms with Crippen LogP contribution in [-0.4, -0.2) is 43.5 Å². The fourth-order valence-corrected chi connectivity index (χ4v) is 4.49. The summed E-state index contributed by atoms with van der Waals surface area (Å²) in [4.78, 5) is 18.8. The second kappa shape index (κ2) is 10.00. The monoisotopic (exact) mass is 472 g/mol. The van der Waals surface area contributed by atoms with Gasteiger partial charge in [-0.3, -0.25) is 15.0 Å². The van der Waals surface area contributed by atoms with E-state index in [1.165, 1.54) is 25.7 Å². The molecule has 5 rings (SSSR count). The van der Waals surface area contributed by atoms with E-state index >= 15 is 0 Å². The quantitative estimate of drug-likeness (QED) is 0.538. The number of aliphatic imine (C=N–C) groups is 2. The molecule has 1 fully saturated rings. The third-order valence-electron chi connectivity index (χ3n) is 6.30. The largest absolute Gasteiger partial charge is 0.463 e. The van der Waals surface area contributed by atoms with Crippen LogP contribution in [0.5, 0.6) is 0 Å². The Morgan fingerprint density at radius 3 is 2.74 bits per heavy atom. The van der Waals surface area contributed by atoms with Crippen LogP contribution in [0.25, 0.3) is 17.5 Å². The zero-order chi connectivity index (χ0) is 24.3. The molecule has 0 aromatic carbocycles. The highest BCUT2D eigenvalue weighted by Gasteiger charge is 2.24. The van der Waals surface area contributed by atoms with E-state index in [1.807, 2.05) is 36.8 Å². The number of aromatic nitrogens is 3. The van der Waals surface area contributed by atoms with Gasteiger partial charge in [-0.25, -0.2) is 4.98 Å². The van der Waals surface area contributed by atoms with Crippen molar-refractivity contribution in [1.29, 1.82) is 0 Å². The van der Waals surface area contributed by atoms with Gasteiger partial charge in [-0.15, -0.1) is 0 Å². The first-order valence-corrected chi connectivity index (χ1v) is 12.3. The number of rotatable bonds is 6. The Morgan fingerprint density at radius 2 is 2.03 bits per heavy atom. The maximum absolute atomic E-state index is 10.2. The van der Waals surface area contributed by atoms with E-state index in [4.69, 9.17) is 14.4 Å². The highest BCUT2D eigenvalue weighted by atomic mass is 16.3. The smallest absolute Gasteiger partial charge is 0.155 e. The third kappa shape index (κ3) is 5.59. The van der Waals surface area contributed by atoms with Gasteiger partial charge >= 0.3 is 0 Å². The van der Waals surface area contributed by atoms with Gasteiger partial charge in [-0.2, -0.15) is 0 Å². The molecule has 4 heterocycles. The van der Waals surface area contributed by atoms with E-state index < -0.39 is 5.60 Å². The lowest BCUT2D eigenvalue weighted by molar-refractivity contribution is 0.0903. The van der Waals surface area contributed by atoms with Crippen LogP contribution >= 0.6 is 0 Å². The van der Waals surface area contributed by atoms with Crippen LogP contribution in [0.3, 0.4) is 0 Å².